The number of halogens is 3. The molecule has 0 bridgehead atoms. The van der Waals surface area contributed by atoms with Gasteiger partial charge < -0.3 is 5.32 Å². The molecule has 0 saturated carbocycles. The number of hydrogen-bond acceptors (Lipinski definition) is 1. The third kappa shape index (κ3) is 3.97. The van der Waals surface area contributed by atoms with E-state index in [2.05, 4.69) is 19.2 Å². The van der Waals surface area contributed by atoms with Gasteiger partial charge >= 0.3 is 0 Å². The molecular formula is C17H18Cl2FN. The van der Waals surface area contributed by atoms with Gasteiger partial charge in [-0.05, 0) is 47.9 Å². The predicted molar refractivity (Wildman–Crippen MR) is 88.6 cm³/mol. The maximum atomic E-state index is 13.5. The van der Waals surface area contributed by atoms with Gasteiger partial charge in [-0.15, -0.1) is 0 Å². The van der Waals surface area contributed by atoms with Crippen molar-refractivity contribution >= 4 is 23.2 Å². The van der Waals surface area contributed by atoms with E-state index < -0.39 is 0 Å². The molecule has 112 valence electrons. The van der Waals surface area contributed by atoms with Crippen molar-refractivity contribution in [1.82, 2.24) is 5.32 Å². The Morgan fingerprint density at radius 1 is 1.10 bits per heavy atom. The summed E-state index contributed by atoms with van der Waals surface area (Å²) in [5.74, 6) is -0.292. The average molecular weight is 326 g/mol. The van der Waals surface area contributed by atoms with Crippen molar-refractivity contribution in [1.29, 1.82) is 0 Å². The fraction of sp³-hybridized carbons (Fsp3) is 0.294. The van der Waals surface area contributed by atoms with E-state index in [4.69, 9.17) is 23.2 Å². The van der Waals surface area contributed by atoms with Gasteiger partial charge in [-0.3, -0.25) is 0 Å². The van der Waals surface area contributed by atoms with Gasteiger partial charge in [0.2, 0.25) is 0 Å². The minimum atomic E-state index is -0.292. The van der Waals surface area contributed by atoms with E-state index in [1.165, 1.54) is 6.07 Å². The standard InChI is InChI=1S/C17H18Cl2FN/c1-10(2)21-9-13-7-12(4-5-15(13)18)14-6-11(3)17(20)8-16(14)19/h4-8,10,21H,9H2,1-3H3. The lowest BCUT2D eigenvalue weighted by Crippen LogP contribution is -2.21. The molecule has 0 spiro atoms. The first kappa shape index (κ1) is 16.3. The topological polar surface area (TPSA) is 12.0 Å². The van der Waals surface area contributed by atoms with Crippen LogP contribution in [0.15, 0.2) is 30.3 Å². The van der Waals surface area contributed by atoms with Crippen LogP contribution in [0.3, 0.4) is 0 Å². The second kappa shape index (κ2) is 6.78. The van der Waals surface area contributed by atoms with E-state index in [1.807, 2.05) is 18.2 Å². The average Bonchev–Trinajstić information content (AvgIpc) is 2.42. The predicted octanol–water partition coefficient (Wildman–Crippen LogP) is 5.61. The molecule has 0 aromatic heterocycles. The Labute approximate surface area is 135 Å². The van der Waals surface area contributed by atoms with Gasteiger partial charge in [0.15, 0.2) is 0 Å². The molecule has 2 aromatic rings. The third-order valence-corrected chi connectivity index (χ3v) is 3.99. The smallest absolute Gasteiger partial charge is 0.127 e. The van der Waals surface area contributed by atoms with Crippen molar-refractivity contribution < 1.29 is 4.39 Å². The Balaban J connectivity index is 2.41. The summed E-state index contributed by atoms with van der Waals surface area (Å²) in [6.45, 7) is 6.57. The normalized spacial score (nSPS) is 11.2. The molecule has 0 radical (unpaired) electrons. The summed E-state index contributed by atoms with van der Waals surface area (Å²) in [6.07, 6.45) is 0. The largest absolute Gasteiger partial charge is 0.310 e. The Morgan fingerprint density at radius 2 is 1.81 bits per heavy atom. The molecule has 0 aliphatic carbocycles. The van der Waals surface area contributed by atoms with Crippen LogP contribution in [0.4, 0.5) is 4.39 Å². The Bertz CT molecular complexity index is 653. The zero-order valence-corrected chi connectivity index (χ0v) is 13.8. The van der Waals surface area contributed by atoms with E-state index in [0.29, 0.717) is 28.2 Å². The van der Waals surface area contributed by atoms with Crippen molar-refractivity contribution in [2.45, 2.75) is 33.4 Å². The molecule has 0 aliphatic rings. The van der Waals surface area contributed by atoms with E-state index in [0.717, 1.165) is 16.7 Å². The summed E-state index contributed by atoms with van der Waals surface area (Å²) >= 11 is 12.4. The molecule has 1 nitrogen and oxygen atoms in total. The highest BCUT2D eigenvalue weighted by Crippen LogP contribution is 2.32. The Kier molecular flexibility index (Phi) is 5.26. The molecule has 4 heteroatoms. The summed E-state index contributed by atoms with van der Waals surface area (Å²) in [5.41, 5.74) is 3.33. The fourth-order valence-corrected chi connectivity index (χ4v) is 2.51. The second-order valence-electron chi connectivity index (χ2n) is 5.42. The number of aryl methyl sites for hydroxylation is 1. The van der Waals surface area contributed by atoms with Crippen LogP contribution in [-0.2, 0) is 6.54 Å². The van der Waals surface area contributed by atoms with Crippen LogP contribution >= 0.6 is 23.2 Å². The molecule has 1 N–H and O–H groups in total. The van der Waals surface area contributed by atoms with Crippen LogP contribution < -0.4 is 5.32 Å². The van der Waals surface area contributed by atoms with Crippen LogP contribution in [-0.4, -0.2) is 6.04 Å². The maximum Gasteiger partial charge on any atom is 0.127 e. The number of hydrogen-bond donors (Lipinski definition) is 1. The Morgan fingerprint density at radius 3 is 2.48 bits per heavy atom. The molecule has 0 atom stereocenters. The zero-order chi connectivity index (χ0) is 15.6. The van der Waals surface area contributed by atoms with Gasteiger partial charge in [-0.1, -0.05) is 43.1 Å². The van der Waals surface area contributed by atoms with Crippen LogP contribution in [0.1, 0.15) is 25.0 Å². The lowest BCUT2D eigenvalue weighted by molar-refractivity contribution is 0.589. The van der Waals surface area contributed by atoms with Crippen LogP contribution in [0.2, 0.25) is 10.0 Å². The Hall–Kier alpha value is -1.09. The zero-order valence-electron chi connectivity index (χ0n) is 12.3. The number of rotatable bonds is 4. The molecule has 0 aliphatic heterocycles. The monoisotopic (exact) mass is 325 g/mol. The third-order valence-electron chi connectivity index (χ3n) is 3.31. The first-order chi connectivity index (χ1) is 9.88. The van der Waals surface area contributed by atoms with Gasteiger partial charge in [0.05, 0.1) is 5.02 Å². The number of benzene rings is 2. The van der Waals surface area contributed by atoms with Crippen LogP contribution in [0, 0.1) is 12.7 Å². The van der Waals surface area contributed by atoms with Crippen LogP contribution in [0.25, 0.3) is 11.1 Å². The summed E-state index contributed by atoms with van der Waals surface area (Å²) in [4.78, 5) is 0. The highest BCUT2D eigenvalue weighted by Gasteiger charge is 2.10. The lowest BCUT2D eigenvalue weighted by atomic mass is 10.0. The summed E-state index contributed by atoms with van der Waals surface area (Å²) in [7, 11) is 0. The van der Waals surface area contributed by atoms with Gasteiger partial charge in [-0.25, -0.2) is 4.39 Å². The van der Waals surface area contributed by atoms with Gasteiger partial charge in [0, 0.05) is 23.2 Å². The van der Waals surface area contributed by atoms with Crippen molar-refractivity contribution in [3.63, 3.8) is 0 Å². The van der Waals surface area contributed by atoms with Crippen molar-refractivity contribution in [2.75, 3.05) is 0 Å². The highest BCUT2D eigenvalue weighted by atomic mass is 35.5. The molecule has 0 saturated heterocycles. The SMILES string of the molecule is Cc1cc(-c2ccc(Cl)c(CNC(C)C)c2)c(Cl)cc1F. The molecule has 21 heavy (non-hydrogen) atoms. The molecule has 0 fully saturated rings. The first-order valence-electron chi connectivity index (χ1n) is 6.86. The summed E-state index contributed by atoms with van der Waals surface area (Å²) < 4.78 is 13.5. The van der Waals surface area contributed by atoms with E-state index >= 15 is 0 Å². The molecule has 2 rings (SSSR count). The van der Waals surface area contributed by atoms with E-state index in [9.17, 15) is 4.39 Å². The van der Waals surface area contributed by atoms with Gasteiger partial charge in [-0.2, -0.15) is 0 Å². The van der Waals surface area contributed by atoms with Crippen molar-refractivity contribution in [3.05, 3.63) is 57.3 Å². The minimum absolute atomic E-state index is 0.292. The van der Waals surface area contributed by atoms with Gasteiger partial charge in [0.1, 0.15) is 5.82 Å². The molecule has 0 unspecified atom stereocenters. The van der Waals surface area contributed by atoms with E-state index in [-0.39, 0.29) is 5.82 Å². The highest BCUT2D eigenvalue weighted by molar-refractivity contribution is 6.33. The molecule has 2 aromatic carbocycles. The van der Waals surface area contributed by atoms with Gasteiger partial charge in [0.25, 0.3) is 0 Å². The summed E-state index contributed by atoms with van der Waals surface area (Å²) in [5, 5.41) is 4.45. The first-order valence-corrected chi connectivity index (χ1v) is 7.62. The maximum absolute atomic E-state index is 13.5. The van der Waals surface area contributed by atoms with Crippen LogP contribution in [0.5, 0.6) is 0 Å². The van der Waals surface area contributed by atoms with Crippen molar-refractivity contribution in [3.8, 4) is 11.1 Å². The molecule has 0 amide bonds. The van der Waals surface area contributed by atoms with Crippen molar-refractivity contribution in [2.24, 2.45) is 0 Å². The molecular weight excluding hydrogens is 308 g/mol. The second-order valence-corrected chi connectivity index (χ2v) is 6.24. The number of nitrogens with one attached hydrogen (secondary N) is 1. The minimum Gasteiger partial charge on any atom is -0.310 e. The molecule has 0 heterocycles. The summed E-state index contributed by atoms with van der Waals surface area (Å²) in [6, 6.07) is 9.24. The lowest BCUT2D eigenvalue weighted by Gasteiger charge is -2.13. The fourth-order valence-electron chi connectivity index (χ4n) is 2.07. The van der Waals surface area contributed by atoms with E-state index in [1.54, 1.807) is 13.0 Å². The quantitative estimate of drug-likeness (QED) is 0.770.